The number of aryl methyl sites for hydroxylation is 2. The molecule has 0 aromatic heterocycles. The summed E-state index contributed by atoms with van der Waals surface area (Å²) in [6.45, 7) is 18.2. The zero-order chi connectivity index (χ0) is 24.0. The van der Waals surface area contributed by atoms with Crippen LogP contribution in [-0.2, 0) is 12.8 Å². The molecule has 5 rings (SSSR count). The summed E-state index contributed by atoms with van der Waals surface area (Å²) in [7, 11) is 0. The lowest BCUT2D eigenvalue weighted by Gasteiger charge is -2.22. The molecule has 0 N–H and O–H groups in total. The molecule has 3 aliphatic rings. The zero-order valence-electron chi connectivity index (χ0n) is 21.8. The van der Waals surface area contributed by atoms with Crippen LogP contribution in [0.5, 0.6) is 0 Å². The van der Waals surface area contributed by atoms with Gasteiger partial charge in [-0.15, -0.1) is 0 Å². The molecule has 3 atom stereocenters. The van der Waals surface area contributed by atoms with Gasteiger partial charge in [-0.1, -0.05) is 92.1 Å². The van der Waals surface area contributed by atoms with E-state index in [0.29, 0.717) is 5.92 Å². The molecule has 0 amide bonds. The molecule has 0 heterocycles. The molecule has 0 radical (unpaired) electrons. The highest BCUT2D eigenvalue weighted by molar-refractivity contribution is 5.80. The van der Waals surface area contributed by atoms with Gasteiger partial charge in [-0.05, 0) is 110 Å². The van der Waals surface area contributed by atoms with Gasteiger partial charge in [0, 0.05) is 5.92 Å². The normalized spacial score (nSPS) is 24.7. The SMILES string of the molecule is C=C1CCC(=C)C1CC1=Cc2cccc(-c3cc(C)cc(C)c3C[C@@H]3CC(CC)C[C@@H]3C)c2C1. The molecule has 0 spiro atoms. The Morgan fingerprint density at radius 1 is 0.941 bits per heavy atom. The highest BCUT2D eigenvalue weighted by atomic mass is 14.4. The van der Waals surface area contributed by atoms with Gasteiger partial charge in [0.15, 0.2) is 0 Å². The minimum Gasteiger partial charge on any atom is -0.0992 e. The van der Waals surface area contributed by atoms with Crippen molar-refractivity contribution in [2.75, 3.05) is 0 Å². The first-order valence-electron chi connectivity index (χ1n) is 13.6. The smallest absolute Gasteiger partial charge is 0.00392 e. The summed E-state index contributed by atoms with van der Waals surface area (Å²) in [4.78, 5) is 0. The van der Waals surface area contributed by atoms with Gasteiger partial charge in [0.05, 0.1) is 0 Å². The lowest BCUT2D eigenvalue weighted by molar-refractivity contribution is 0.416. The van der Waals surface area contributed by atoms with Crippen molar-refractivity contribution in [3.63, 3.8) is 0 Å². The second kappa shape index (κ2) is 9.37. The van der Waals surface area contributed by atoms with Crippen LogP contribution < -0.4 is 0 Å². The Kier molecular flexibility index (Phi) is 6.45. The lowest BCUT2D eigenvalue weighted by Crippen LogP contribution is -2.10. The molecule has 178 valence electrons. The van der Waals surface area contributed by atoms with E-state index in [0.717, 1.165) is 43.4 Å². The van der Waals surface area contributed by atoms with Gasteiger partial charge < -0.3 is 0 Å². The fraction of sp³-hybridized carbons (Fsp3) is 0.471. The van der Waals surface area contributed by atoms with E-state index >= 15 is 0 Å². The number of allylic oxidation sites excluding steroid dienone is 3. The van der Waals surface area contributed by atoms with Crippen molar-refractivity contribution < 1.29 is 0 Å². The molecule has 1 unspecified atom stereocenters. The first-order chi connectivity index (χ1) is 16.3. The van der Waals surface area contributed by atoms with E-state index in [1.54, 1.807) is 11.1 Å². The molecule has 2 aromatic rings. The molecule has 0 bridgehead atoms. The third-order valence-corrected chi connectivity index (χ3v) is 9.29. The molecule has 0 nitrogen and oxygen atoms in total. The fourth-order valence-electron chi connectivity index (χ4n) is 7.19. The van der Waals surface area contributed by atoms with Crippen LogP contribution in [-0.4, -0.2) is 0 Å². The number of benzene rings is 2. The molecule has 0 saturated heterocycles. The van der Waals surface area contributed by atoms with Gasteiger partial charge in [-0.3, -0.25) is 0 Å². The Bertz CT molecular complexity index is 1140. The molecule has 0 heteroatoms. The standard InChI is InChI=1S/C34H42/c1-7-26-15-24(5)29(16-26)20-32-25(6)13-21(2)14-34(32)30-10-8-9-28-17-27(19-33(28)30)18-31-22(3)11-12-23(31)4/h8-10,13-14,17,24,26,29,31H,3-4,7,11-12,15-16,18-20H2,1-2,5-6H3/t24-,26?,29-/m0/s1. The largest absolute Gasteiger partial charge is 0.0992 e. The average Bonchev–Trinajstić information content (AvgIpc) is 3.48. The van der Waals surface area contributed by atoms with Crippen molar-refractivity contribution in [1.82, 2.24) is 0 Å². The average molecular weight is 451 g/mol. The molecule has 0 aliphatic heterocycles. The number of hydrogen-bond donors (Lipinski definition) is 0. The van der Waals surface area contributed by atoms with Crippen molar-refractivity contribution >= 4 is 6.08 Å². The van der Waals surface area contributed by atoms with Crippen LogP contribution in [0.25, 0.3) is 17.2 Å². The van der Waals surface area contributed by atoms with Gasteiger partial charge in [0.25, 0.3) is 0 Å². The minimum absolute atomic E-state index is 0.483. The van der Waals surface area contributed by atoms with Crippen molar-refractivity contribution in [2.24, 2.45) is 23.7 Å². The van der Waals surface area contributed by atoms with E-state index < -0.39 is 0 Å². The Labute approximate surface area is 207 Å². The second-order valence-electron chi connectivity index (χ2n) is 11.7. The van der Waals surface area contributed by atoms with Crippen molar-refractivity contribution in [3.05, 3.63) is 88.0 Å². The molecule has 34 heavy (non-hydrogen) atoms. The first kappa shape index (κ1) is 23.4. The van der Waals surface area contributed by atoms with E-state index in [1.165, 1.54) is 70.2 Å². The summed E-state index contributed by atoms with van der Waals surface area (Å²) >= 11 is 0. The maximum Gasteiger partial charge on any atom is 0.00392 e. The lowest BCUT2D eigenvalue weighted by atomic mass is 9.82. The van der Waals surface area contributed by atoms with Gasteiger partial charge in [-0.25, -0.2) is 0 Å². The van der Waals surface area contributed by atoms with Crippen molar-refractivity contribution in [3.8, 4) is 11.1 Å². The van der Waals surface area contributed by atoms with Crippen molar-refractivity contribution in [1.29, 1.82) is 0 Å². The molecule has 3 aliphatic carbocycles. The van der Waals surface area contributed by atoms with E-state index in [2.05, 4.69) is 77.3 Å². The maximum atomic E-state index is 4.35. The molecule has 2 aromatic carbocycles. The summed E-state index contributed by atoms with van der Waals surface area (Å²) in [5, 5.41) is 0. The highest BCUT2D eigenvalue weighted by Gasteiger charge is 2.32. The van der Waals surface area contributed by atoms with Gasteiger partial charge >= 0.3 is 0 Å². The van der Waals surface area contributed by atoms with Crippen LogP contribution >= 0.6 is 0 Å². The third kappa shape index (κ3) is 4.37. The number of rotatable bonds is 6. The van der Waals surface area contributed by atoms with Crippen LogP contribution in [0, 0.1) is 37.5 Å². The first-order valence-corrected chi connectivity index (χ1v) is 13.6. The van der Waals surface area contributed by atoms with Gasteiger partial charge in [0.1, 0.15) is 0 Å². The third-order valence-electron chi connectivity index (χ3n) is 9.29. The van der Waals surface area contributed by atoms with Crippen molar-refractivity contribution in [2.45, 2.75) is 79.1 Å². The fourth-order valence-corrected chi connectivity index (χ4v) is 7.19. The Hall–Kier alpha value is -2.34. The zero-order valence-corrected chi connectivity index (χ0v) is 21.8. The summed E-state index contributed by atoms with van der Waals surface area (Å²) in [6.07, 6.45) is 12.3. The van der Waals surface area contributed by atoms with Crippen LogP contribution in [0.1, 0.15) is 80.2 Å². The van der Waals surface area contributed by atoms with Gasteiger partial charge in [-0.2, -0.15) is 0 Å². The van der Waals surface area contributed by atoms with Crippen LogP contribution in [0.3, 0.4) is 0 Å². The quantitative estimate of drug-likeness (QED) is 0.384. The Morgan fingerprint density at radius 3 is 2.41 bits per heavy atom. The van der Waals surface area contributed by atoms with Crippen LogP contribution in [0.4, 0.5) is 0 Å². The highest BCUT2D eigenvalue weighted by Crippen LogP contribution is 2.45. The number of hydrogen-bond acceptors (Lipinski definition) is 0. The molecule has 2 fully saturated rings. The van der Waals surface area contributed by atoms with Gasteiger partial charge in [0.2, 0.25) is 0 Å². The van der Waals surface area contributed by atoms with Crippen LogP contribution in [0.2, 0.25) is 0 Å². The topological polar surface area (TPSA) is 0 Å². The van der Waals surface area contributed by atoms with E-state index in [-0.39, 0.29) is 0 Å². The number of fused-ring (bicyclic) bond motifs is 1. The van der Waals surface area contributed by atoms with E-state index in [1.807, 2.05) is 0 Å². The predicted octanol–water partition coefficient (Wildman–Crippen LogP) is 9.44. The minimum atomic E-state index is 0.483. The molecular weight excluding hydrogens is 408 g/mol. The summed E-state index contributed by atoms with van der Waals surface area (Å²) < 4.78 is 0. The predicted molar refractivity (Wildman–Crippen MR) is 148 cm³/mol. The van der Waals surface area contributed by atoms with Crippen LogP contribution in [0.15, 0.2) is 60.2 Å². The second-order valence-corrected chi connectivity index (χ2v) is 11.7. The molecular formula is C34H42. The molecule has 2 saturated carbocycles. The Balaban J connectivity index is 1.46. The Morgan fingerprint density at radius 2 is 1.71 bits per heavy atom. The maximum absolute atomic E-state index is 4.35. The summed E-state index contributed by atoms with van der Waals surface area (Å²) in [5.74, 6) is 3.05. The van der Waals surface area contributed by atoms with E-state index in [9.17, 15) is 0 Å². The summed E-state index contributed by atoms with van der Waals surface area (Å²) in [6, 6.07) is 11.8. The van der Waals surface area contributed by atoms with E-state index in [4.69, 9.17) is 0 Å². The summed E-state index contributed by atoms with van der Waals surface area (Å²) in [5.41, 5.74) is 14.7. The monoisotopic (exact) mass is 450 g/mol.